The molecule has 0 aromatic heterocycles. The fourth-order valence-corrected chi connectivity index (χ4v) is 2.75. The highest BCUT2D eigenvalue weighted by molar-refractivity contribution is 6.23. The lowest BCUT2D eigenvalue weighted by Gasteiger charge is -2.18. The number of nitro groups is 1. The molecule has 0 aliphatic carbocycles. The number of aryl methyl sites for hydroxylation is 1. The Labute approximate surface area is 142 Å². The smallest absolute Gasteiger partial charge is 0.269 e. The molecule has 1 fully saturated rings. The average Bonchev–Trinajstić information content (AvgIpc) is 2.84. The van der Waals surface area contributed by atoms with Crippen molar-refractivity contribution in [3.8, 4) is 0 Å². The first-order valence-corrected chi connectivity index (χ1v) is 7.51. The molecule has 1 N–H and O–H groups in total. The van der Waals surface area contributed by atoms with Crippen LogP contribution in [0, 0.1) is 22.9 Å². The maximum absolute atomic E-state index is 13.0. The summed E-state index contributed by atoms with van der Waals surface area (Å²) < 4.78 is 13.0. The molecule has 2 aromatic carbocycles. The van der Waals surface area contributed by atoms with E-state index >= 15 is 0 Å². The normalized spacial score (nSPS) is 17.0. The molecule has 3 rings (SSSR count). The zero-order chi connectivity index (χ0) is 18.1. The summed E-state index contributed by atoms with van der Waals surface area (Å²) in [6.07, 6.45) is -0.0490. The van der Waals surface area contributed by atoms with Crippen molar-refractivity contribution in [3.05, 3.63) is 64.0 Å². The van der Waals surface area contributed by atoms with Gasteiger partial charge in [0.05, 0.1) is 17.0 Å². The maximum atomic E-state index is 13.0. The Kier molecular flexibility index (Phi) is 4.18. The number of amides is 2. The average molecular weight is 343 g/mol. The number of hydrogen-bond donors (Lipinski definition) is 1. The summed E-state index contributed by atoms with van der Waals surface area (Å²) >= 11 is 0. The Morgan fingerprint density at radius 3 is 2.48 bits per heavy atom. The van der Waals surface area contributed by atoms with Crippen LogP contribution >= 0.6 is 0 Å². The summed E-state index contributed by atoms with van der Waals surface area (Å²) in [4.78, 5) is 36.2. The van der Waals surface area contributed by atoms with Crippen molar-refractivity contribution in [2.24, 2.45) is 0 Å². The van der Waals surface area contributed by atoms with E-state index in [1.54, 1.807) is 6.92 Å². The molecule has 1 aliphatic heterocycles. The minimum atomic E-state index is -0.771. The highest BCUT2D eigenvalue weighted by atomic mass is 19.1. The van der Waals surface area contributed by atoms with Crippen molar-refractivity contribution in [3.63, 3.8) is 0 Å². The Balaban J connectivity index is 1.84. The molecule has 0 spiro atoms. The standard InChI is InChI=1S/C17H14FN3O4/c1-10-8-13(21(24)25)6-7-15(10)20-16(22)9-14(17(20)23)19-12-4-2-11(18)3-5-12/h2-8,14,19H,9H2,1H3. The van der Waals surface area contributed by atoms with Crippen molar-refractivity contribution >= 4 is 28.9 Å². The molecule has 1 atom stereocenters. The monoisotopic (exact) mass is 343 g/mol. The fourth-order valence-electron chi connectivity index (χ4n) is 2.75. The first kappa shape index (κ1) is 16.6. The van der Waals surface area contributed by atoms with Crippen LogP contribution in [0.4, 0.5) is 21.5 Å². The van der Waals surface area contributed by atoms with Gasteiger partial charge in [0.1, 0.15) is 11.9 Å². The molecular weight excluding hydrogens is 329 g/mol. The summed E-state index contributed by atoms with van der Waals surface area (Å²) in [5, 5.41) is 13.7. The second kappa shape index (κ2) is 6.31. The number of carbonyl (C=O) groups is 2. The first-order chi connectivity index (χ1) is 11.9. The molecule has 1 unspecified atom stereocenters. The number of hydrogen-bond acceptors (Lipinski definition) is 5. The highest BCUT2D eigenvalue weighted by Gasteiger charge is 2.40. The van der Waals surface area contributed by atoms with E-state index in [1.807, 2.05) is 0 Å². The molecule has 0 bridgehead atoms. The van der Waals surface area contributed by atoms with Crippen molar-refractivity contribution < 1.29 is 18.9 Å². The Hall–Kier alpha value is -3.29. The van der Waals surface area contributed by atoms with Gasteiger partial charge in [0.25, 0.3) is 11.6 Å². The summed E-state index contributed by atoms with van der Waals surface area (Å²) in [7, 11) is 0. The van der Waals surface area contributed by atoms with Crippen LogP contribution in [-0.4, -0.2) is 22.8 Å². The Morgan fingerprint density at radius 1 is 1.20 bits per heavy atom. The molecule has 1 heterocycles. The van der Waals surface area contributed by atoms with Crippen LogP contribution in [0.2, 0.25) is 0 Å². The number of benzene rings is 2. The van der Waals surface area contributed by atoms with Crippen LogP contribution in [-0.2, 0) is 9.59 Å². The molecule has 7 nitrogen and oxygen atoms in total. The summed E-state index contributed by atoms with van der Waals surface area (Å²) in [6, 6.07) is 8.65. The van der Waals surface area contributed by atoms with Crippen LogP contribution in [0.25, 0.3) is 0 Å². The second-order valence-electron chi connectivity index (χ2n) is 5.70. The third kappa shape index (κ3) is 3.18. The van der Waals surface area contributed by atoms with Gasteiger partial charge in [0.15, 0.2) is 0 Å². The van der Waals surface area contributed by atoms with E-state index in [9.17, 15) is 24.1 Å². The number of halogens is 1. The van der Waals surface area contributed by atoms with Crippen LogP contribution in [0.1, 0.15) is 12.0 Å². The largest absolute Gasteiger partial charge is 0.373 e. The molecule has 25 heavy (non-hydrogen) atoms. The molecule has 1 saturated heterocycles. The van der Waals surface area contributed by atoms with E-state index in [0.717, 1.165) is 4.90 Å². The van der Waals surface area contributed by atoms with Crippen LogP contribution in [0.3, 0.4) is 0 Å². The minimum absolute atomic E-state index is 0.0490. The first-order valence-electron chi connectivity index (χ1n) is 7.51. The van der Waals surface area contributed by atoms with Crippen molar-refractivity contribution in [2.75, 3.05) is 10.2 Å². The number of nitro benzene ring substituents is 1. The number of nitrogens with one attached hydrogen (secondary N) is 1. The quantitative estimate of drug-likeness (QED) is 0.523. The molecule has 0 radical (unpaired) electrons. The second-order valence-corrected chi connectivity index (χ2v) is 5.70. The van der Waals surface area contributed by atoms with E-state index in [2.05, 4.69) is 5.32 Å². The van der Waals surface area contributed by atoms with Crippen LogP contribution < -0.4 is 10.2 Å². The predicted molar refractivity (Wildman–Crippen MR) is 88.8 cm³/mol. The van der Waals surface area contributed by atoms with E-state index in [-0.39, 0.29) is 12.1 Å². The molecule has 128 valence electrons. The van der Waals surface area contributed by atoms with Crippen LogP contribution in [0.5, 0.6) is 0 Å². The van der Waals surface area contributed by atoms with Gasteiger partial charge in [0.2, 0.25) is 5.91 Å². The zero-order valence-corrected chi connectivity index (χ0v) is 13.2. The van der Waals surface area contributed by atoms with Gasteiger partial charge in [-0.3, -0.25) is 19.7 Å². The number of nitrogens with zero attached hydrogens (tertiary/aromatic N) is 2. The third-order valence-electron chi connectivity index (χ3n) is 3.96. The Morgan fingerprint density at radius 2 is 1.88 bits per heavy atom. The van der Waals surface area contributed by atoms with E-state index in [1.165, 1.54) is 42.5 Å². The van der Waals surface area contributed by atoms with Gasteiger partial charge in [-0.25, -0.2) is 9.29 Å². The van der Waals surface area contributed by atoms with Crippen LogP contribution in [0.15, 0.2) is 42.5 Å². The fraction of sp³-hybridized carbons (Fsp3) is 0.176. The number of imide groups is 1. The van der Waals surface area contributed by atoms with E-state index < -0.39 is 28.6 Å². The highest BCUT2D eigenvalue weighted by Crippen LogP contribution is 2.30. The molecule has 1 aliphatic rings. The molecular formula is C17H14FN3O4. The van der Waals surface area contributed by atoms with Gasteiger partial charge < -0.3 is 5.32 Å². The van der Waals surface area contributed by atoms with E-state index in [0.29, 0.717) is 16.9 Å². The number of rotatable bonds is 4. The summed E-state index contributed by atoms with van der Waals surface area (Å²) in [5.74, 6) is -1.25. The zero-order valence-electron chi connectivity index (χ0n) is 13.2. The summed E-state index contributed by atoms with van der Waals surface area (Å²) in [6.45, 7) is 1.60. The minimum Gasteiger partial charge on any atom is -0.373 e. The van der Waals surface area contributed by atoms with Gasteiger partial charge in [-0.1, -0.05) is 0 Å². The summed E-state index contributed by atoms with van der Waals surface area (Å²) in [5.41, 5.74) is 1.19. The lowest BCUT2D eigenvalue weighted by Crippen LogP contribution is -2.35. The van der Waals surface area contributed by atoms with E-state index in [4.69, 9.17) is 0 Å². The van der Waals surface area contributed by atoms with Gasteiger partial charge in [-0.05, 0) is 42.8 Å². The van der Waals surface area contributed by atoms with Gasteiger partial charge in [-0.15, -0.1) is 0 Å². The number of non-ortho nitro benzene ring substituents is 1. The van der Waals surface area contributed by atoms with Crippen molar-refractivity contribution in [2.45, 2.75) is 19.4 Å². The topological polar surface area (TPSA) is 92.6 Å². The maximum Gasteiger partial charge on any atom is 0.269 e. The molecule has 2 amide bonds. The lowest BCUT2D eigenvalue weighted by molar-refractivity contribution is -0.384. The Bertz CT molecular complexity index is 867. The predicted octanol–water partition coefficient (Wildman–Crippen LogP) is 2.79. The lowest BCUT2D eigenvalue weighted by atomic mass is 10.1. The van der Waals surface area contributed by atoms with Gasteiger partial charge in [-0.2, -0.15) is 0 Å². The third-order valence-corrected chi connectivity index (χ3v) is 3.96. The van der Waals surface area contributed by atoms with Crippen molar-refractivity contribution in [1.29, 1.82) is 0 Å². The van der Waals surface area contributed by atoms with Gasteiger partial charge in [0, 0.05) is 17.8 Å². The molecule has 2 aromatic rings. The van der Waals surface area contributed by atoms with Gasteiger partial charge >= 0.3 is 0 Å². The molecule has 0 saturated carbocycles. The molecule has 8 heteroatoms. The number of carbonyl (C=O) groups excluding carboxylic acids is 2. The van der Waals surface area contributed by atoms with Crippen molar-refractivity contribution in [1.82, 2.24) is 0 Å². The number of anilines is 2. The SMILES string of the molecule is Cc1cc([N+](=O)[O-])ccc1N1C(=O)CC(Nc2ccc(F)cc2)C1=O.